The van der Waals surface area contributed by atoms with Gasteiger partial charge in [-0.15, -0.1) is 0 Å². The molecule has 2 aromatic rings. The minimum Gasteiger partial charge on any atom is -0.493 e. The Morgan fingerprint density at radius 2 is 1.84 bits per heavy atom. The molecule has 0 aromatic heterocycles. The molecule has 0 bridgehead atoms. The number of alkyl halides is 2. The van der Waals surface area contributed by atoms with Gasteiger partial charge in [0.05, 0.1) is 13.2 Å². The van der Waals surface area contributed by atoms with Crippen molar-refractivity contribution < 1.29 is 23.0 Å². The van der Waals surface area contributed by atoms with Crippen LogP contribution in [0.4, 0.5) is 8.78 Å². The molecule has 0 radical (unpaired) electrons. The molecule has 1 N–H and O–H groups in total. The number of nitrogens with one attached hydrogen (secondary N) is 1. The summed E-state index contributed by atoms with van der Waals surface area (Å²) in [6, 6.07) is 13.9. The van der Waals surface area contributed by atoms with Crippen molar-refractivity contribution in [2.45, 2.75) is 25.5 Å². The summed E-state index contributed by atoms with van der Waals surface area (Å²) in [6.07, 6.45) is 2.15. The molecule has 1 aliphatic carbocycles. The van der Waals surface area contributed by atoms with Crippen molar-refractivity contribution in [2.75, 3.05) is 7.11 Å². The van der Waals surface area contributed by atoms with Crippen LogP contribution >= 0.6 is 0 Å². The highest BCUT2D eigenvalue weighted by molar-refractivity contribution is 5.95. The lowest BCUT2D eigenvalue weighted by Crippen LogP contribution is -2.29. The first-order valence-electron chi connectivity index (χ1n) is 8.07. The van der Waals surface area contributed by atoms with Crippen LogP contribution in [0.25, 0.3) is 0 Å². The average molecular weight is 347 g/mol. The highest BCUT2D eigenvalue weighted by Gasteiger charge is 2.33. The Hall–Kier alpha value is -2.63. The lowest BCUT2D eigenvalue weighted by atomic mass is 10.0. The second-order valence-corrected chi connectivity index (χ2v) is 5.94. The fourth-order valence-corrected chi connectivity index (χ4v) is 2.79. The maximum atomic E-state index is 12.6. The number of hydrogen-bond acceptors (Lipinski definition) is 3. The molecule has 25 heavy (non-hydrogen) atoms. The molecule has 0 spiro atoms. The number of benzene rings is 2. The van der Waals surface area contributed by atoms with Crippen LogP contribution in [0.5, 0.6) is 11.5 Å². The minimum atomic E-state index is -2.95. The van der Waals surface area contributed by atoms with E-state index in [4.69, 9.17) is 4.74 Å². The topological polar surface area (TPSA) is 47.6 Å². The van der Waals surface area contributed by atoms with Crippen molar-refractivity contribution in [2.24, 2.45) is 5.92 Å². The van der Waals surface area contributed by atoms with Crippen LogP contribution < -0.4 is 14.8 Å². The monoisotopic (exact) mass is 347 g/mol. The number of methoxy groups -OCH3 is 1. The molecule has 0 unspecified atom stereocenters. The third-order valence-electron chi connectivity index (χ3n) is 4.18. The number of rotatable bonds is 7. The molecule has 0 aliphatic heterocycles. The number of carbonyl (C=O) groups excluding carboxylic acids is 1. The van der Waals surface area contributed by atoms with Crippen LogP contribution in [-0.4, -0.2) is 19.6 Å². The number of halogens is 2. The van der Waals surface area contributed by atoms with Gasteiger partial charge in [-0.05, 0) is 42.5 Å². The van der Waals surface area contributed by atoms with Gasteiger partial charge in [0.15, 0.2) is 11.5 Å². The molecule has 2 aromatic carbocycles. The number of amides is 1. The molecule has 1 saturated carbocycles. The zero-order valence-corrected chi connectivity index (χ0v) is 13.7. The van der Waals surface area contributed by atoms with E-state index in [0.717, 1.165) is 18.4 Å². The van der Waals surface area contributed by atoms with Gasteiger partial charge < -0.3 is 14.8 Å². The van der Waals surface area contributed by atoms with E-state index in [0.29, 0.717) is 11.5 Å². The molecule has 0 heterocycles. The van der Waals surface area contributed by atoms with Crippen molar-refractivity contribution in [3.8, 4) is 11.5 Å². The standard InChI is InChI=1S/C19H19F2NO3/c1-24-16-11-14(9-10-15(16)25-19(20)21)18(23)22-17(13-7-8-13)12-5-3-2-4-6-12/h2-6,9-11,13,17,19H,7-8H2,1H3,(H,22,23)/t17-/m1/s1. The Labute approximate surface area is 144 Å². The Bertz CT molecular complexity index is 733. The van der Waals surface area contributed by atoms with Crippen molar-refractivity contribution in [3.63, 3.8) is 0 Å². The fourth-order valence-electron chi connectivity index (χ4n) is 2.79. The number of ether oxygens (including phenoxy) is 2. The summed E-state index contributed by atoms with van der Waals surface area (Å²) in [5, 5.41) is 3.04. The molecule has 1 fully saturated rings. The SMILES string of the molecule is COc1cc(C(=O)N[C@H](c2ccccc2)C2CC2)ccc1OC(F)F. The third-order valence-corrected chi connectivity index (χ3v) is 4.18. The van der Waals surface area contributed by atoms with E-state index in [1.54, 1.807) is 0 Å². The molecule has 1 atom stereocenters. The van der Waals surface area contributed by atoms with E-state index in [2.05, 4.69) is 10.1 Å². The summed E-state index contributed by atoms with van der Waals surface area (Å²) in [7, 11) is 1.34. The Kier molecular flexibility index (Phi) is 5.16. The van der Waals surface area contributed by atoms with Crippen molar-refractivity contribution >= 4 is 5.91 Å². The highest BCUT2D eigenvalue weighted by atomic mass is 19.3. The highest BCUT2D eigenvalue weighted by Crippen LogP contribution is 2.41. The van der Waals surface area contributed by atoms with Gasteiger partial charge in [-0.3, -0.25) is 4.79 Å². The van der Waals surface area contributed by atoms with Crippen LogP contribution in [0.2, 0.25) is 0 Å². The first kappa shape index (κ1) is 17.2. The summed E-state index contributed by atoms with van der Waals surface area (Å²) in [5.41, 5.74) is 1.39. The quantitative estimate of drug-likeness (QED) is 0.817. The molecule has 1 amide bonds. The number of carbonyl (C=O) groups is 1. The molecule has 0 saturated heterocycles. The van der Waals surface area contributed by atoms with Gasteiger partial charge >= 0.3 is 6.61 Å². The van der Waals surface area contributed by atoms with Gasteiger partial charge in [0.1, 0.15) is 0 Å². The molecule has 132 valence electrons. The van der Waals surface area contributed by atoms with Crippen LogP contribution in [0.3, 0.4) is 0 Å². The molecular formula is C19H19F2NO3. The van der Waals surface area contributed by atoms with E-state index in [1.807, 2.05) is 30.3 Å². The van der Waals surface area contributed by atoms with E-state index < -0.39 is 6.61 Å². The number of hydrogen-bond donors (Lipinski definition) is 1. The van der Waals surface area contributed by atoms with Crippen molar-refractivity contribution in [1.82, 2.24) is 5.32 Å². The van der Waals surface area contributed by atoms with E-state index >= 15 is 0 Å². The summed E-state index contributed by atoms with van der Waals surface area (Å²) < 4.78 is 34.2. The summed E-state index contributed by atoms with van der Waals surface area (Å²) in [6.45, 7) is -2.95. The summed E-state index contributed by atoms with van der Waals surface area (Å²) >= 11 is 0. The van der Waals surface area contributed by atoms with Gasteiger partial charge in [-0.25, -0.2) is 0 Å². The lowest BCUT2D eigenvalue weighted by Gasteiger charge is -2.19. The van der Waals surface area contributed by atoms with Crippen molar-refractivity contribution in [3.05, 3.63) is 59.7 Å². The van der Waals surface area contributed by atoms with Crippen LogP contribution in [0, 0.1) is 5.92 Å². The zero-order valence-electron chi connectivity index (χ0n) is 13.7. The summed E-state index contributed by atoms with van der Waals surface area (Å²) in [4.78, 5) is 12.6. The van der Waals surface area contributed by atoms with Gasteiger partial charge in [-0.1, -0.05) is 30.3 Å². The fraction of sp³-hybridized carbons (Fsp3) is 0.316. The average Bonchev–Trinajstić information content (AvgIpc) is 3.45. The second kappa shape index (κ2) is 7.51. The molecule has 4 nitrogen and oxygen atoms in total. The predicted octanol–water partition coefficient (Wildman–Crippen LogP) is 4.18. The maximum Gasteiger partial charge on any atom is 0.387 e. The smallest absolute Gasteiger partial charge is 0.387 e. The molecule has 1 aliphatic rings. The second-order valence-electron chi connectivity index (χ2n) is 5.94. The molecular weight excluding hydrogens is 328 g/mol. The van der Waals surface area contributed by atoms with E-state index in [1.165, 1.54) is 25.3 Å². The predicted molar refractivity (Wildman–Crippen MR) is 89.0 cm³/mol. The zero-order chi connectivity index (χ0) is 17.8. The third kappa shape index (κ3) is 4.26. The normalized spacial score (nSPS) is 14.9. The van der Waals surface area contributed by atoms with E-state index in [-0.39, 0.29) is 23.4 Å². The van der Waals surface area contributed by atoms with Crippen LogP contribution in [0.15, 0.2) is 48.5 Å². The largest absolute Gasteiger partial charge is 0.493 e. The molecule has 3 rings (SSSR count). The Morgan fingerprint density at radius 3 is 2.44 bits per heavy atom. The van der Waals surface area contributed by atoms with Gasteiger partial charge in [0.2, 0.25) is 0 Å². The van der Waals surface area contributed by atoms with Crippen LogP contribution in [0.1, 0.15) is 34.8 Å². The van der Waals surface area contributed by atoms with Gasteiger partial charge in [0, 0.05) is 5.56 Å². The summed E-state index contributed by atoms with van der Waals surface area (Å²) in [5.74, 6) is 0.142. The Morgan fingerprint density at radius 1 is 1.12 bits per heavy atom. The first-order valence-corrected chi connectivity index (χ1v) is 8.07. The van der Waals surface area contributed by atoms with Gasteiger partial charge in [-0.2, -0.15) is 8.78 Å². The maximum absolute atomic E-state index is 12.6. The van der Waals surface area contributed by atoms with Crippen LogP contribution in [-0.2, 0) is 0 Å². The minimum absolute atomic E-state index is 0.0586. The van der Waals surface area contributed by atoms with E-state index in [9.17, 15) is 13.6 Å². The van der Waals surface area contributed by atoms with Gasteiger partial charge in [0.25, 0.3) is 5.91 Å². The Balaban J connectivity index is 1.78. The van der Waals surface area contributed by atoms with Crippen molar-refractivity contribution in [1.29, 1.82) is 0 Å². The molecule has 6 heteroatoms. The first-order chi connectivity index (χ1) is 12.1. The lowest BCUT2D eigenvalue weighted by molar-refractivity contribution is -0.0512.